The number of hydrogen-bond donors (Lipinski definition) is 2. The maximum Gasteiger partial charge on any atom is 0.251 e. The minimum atomic E-state index is -0.349. The van der Waals surface area contributed by atoms with E-state index in [1.807, 2.05) is 18.2 Å². The predicted octanol–water partition coefficient (Wildman–Crippen LogP) is 2.83. The van der Waals surface area contributed by atoms with Crippen LogP contribution in [0.3, 0.4) is 0 Å². The first-order valence-corrected chi connectivity index (χ1v) is 9.08. The largest absolute Gasteiger partial charge is 0.396 e. The molecule has 1 amide bonds. The van der Waals surface area contributed by atoms with Crippen LogP contribution >= 0.6 is 0 Å². The molecule has 0 saturated carbocycles. The molecule has 1 aliphatic heterocycles. The Bertz CT molecular complexity index is 706. The van der Waals surface area contributed by atoms with Gasteiger partial charge in [0, 0.05) is 37.8 Å². The van der Waals surface area contributed by atoms with Crippen molar-refractivity contribution in [3.05, 3.63) is 71.5 Å². The van der Waals surface area contributed by atoms with Gasteiger partial charge in [0.15, 0.2) is 0 Å². The second kappa shape index (κ2) is 8.92. The number of aliphatic hydroxyl groups is 1. The van der Waals surface area contributed by atoms with Gasteiger partial charge in [-0.2, -0.15) is 0 Å². The molecule has 2 atom stereocenters. The average Bonchev–Trinajstić information content (AvgIpc) is 2.68. The van der Waals surface area contributed by atoms with E-state index >= 15 is 0 Å². The minimum Gasteiger partial charge on any atom is -0.396 e. The third-order valence-electron chi connectivity index (χ3n) is 5.01. The van der Waals surface area contributed by atoms with Crippen molar-refractivity contribution in [3.63, 3.8) is 0 Å². The van der Waals surface area contributed by atoms with Crippen molar-refractivity contribution in [2.75, 3.05) is 19.7 Å². The maximum absolute atomic E-state index is 13.0. The summed E-state index contributed by atoms with van der Waals surface area (Å²) in [6.45, 7) is 2.36. The fourth-order valence-electron chi connectivity index (χ4n) is 3.49. The first-order valence-electron chi connectivity index (χ1n) is 9.08. The van der Waals surface area contributed by atoms with Crippen LogP contribution in [-0.2, 0) is 6.54 Å². The van der Waals surface area contributed by atoms with E-state index in [2.05, 4.69) is 22.3 Å². The standard InChI is InChI=1S/C21H25FN2O2/c22-19-9-7-18(8-10-19)21(26)23-12-20-11-6-17(15-25)14-24(20)13-16-4-2-1-3-5-16/h1-5,7-10,17,20,25H,6,11-15H2,(H,23,26)/t17-,20-/m1/s1. The Morgan fingerprint density at radius 3 is 2.54 bits per heavy atom. The summed E-state index contributed by atoms with van der Waals surface area (Å²) in [7, 11) is 0. The molecule has 0 aliphatic carbocycles. The van der Waals surface area contributed by atoms with Crippen LogP contribution in [-0.4, -0.2) is 41.7 Å². The molecule has 2 aromatic carbocycles. The highest BCUT2D eigenvalue weighted by molar-refractivity contribution is 5.94. The molecule has 1 heterocycles. The van der Waals surface area contributed by atoms with Crippen molar-refractivity contribution in [2.24, 2.45) is 5.92 Å². The molecule has 0 bridgehead atoms. The average molecular weight is 356 g/mol. The summed E-state index contributed by atoms with van der Waals surface area (Å²) < 4.78 is 13.0. The first-order chi connectivity index (χ1) is 12.7. The van der Waals surface area contributed by atoms with Crippen LogP contribution < -0.4 is 5.32 Å². The fraction of sp³-hybridized carbons (Fsp3) is 0.381. The van der Waals surface area contributed by atoms with E-state index in [1.165, 1.54) is 29.8 Å². The van der Waals surface area contributed by atoms with E-state index in [0.29, 0.717) is 12.1 Å². The zero-order valence-corrected chi connectivity index (χ0v) is 14.8. The van der Waals surface area contributed by atoms with Crippen molar-refractivity contribution in [1.82, 2.24) is 10.2 Å². The number of aliphatic hydroxyl groups excluding tert-OH is 1. The van der Waals surface area contributed by atoms with Crippen LogP contribution in [0.2, 0.25) is 0 Å². The molecule has 1 aliphatic rings. The summed E-state index contributed by atoms with van der Waals surface area (Å²) >= 11 is 0. The van der Waals surface area contributed by atoms with E-state index in [0.717, 1.165) is 25.9 Å². The van der Waals surface area contributed by atoms with E-state index in [-0.39, 0.29) is 30.3 Å². The molecule has 0 spiro atoms. The zero-order valence-electron chi connectivity index (χ0n) is 14.8. The van der Waals surface area contributed by atoms with Gasteiger partial charge in [-0.3, -0.25) is 9.69 Å². The summed E-state index contributed by atoms with van der Waals surface area (Å²) in [4.78, 5) is 14.6. The Hall–Kier alpha value is -2.24. The van der Waals surface area contributed by atoms with Gasteiger partial charge in [-0.1, -0.05) is 30.3 Å². The number of amides is 1. The number of piperidine rings is 1. The van der Waals surface area contributed by atoms with Gasteiger partial charge < -0.3 is 10.4 Å². The molecule has 4 nitrogen and oxygen atoms in total. The Morgan fingerprint density at radius 1 is 1.12 bits per heavy atom. The second-order valence-electron chi connectivity index (χ2n) is 6.91. The first kappa shape index (κ1) is 18.5. The van der Waals surface area contributed by atoms with E-state index in [4.69, 9.17) is 0 Å². The van der Waals surface area contributed by atoms with Crippen molar-refractivity contribution < 1.29 is 14.3 Å². The lowest BCUT2D eigenvalue weighted by Crippen LogP contribution is -2.49. The number of halogens is 1. The smallest absolute Gasteiger partial charge is 0.251 e. The summed E-state index contributed by atoms with van der Waals surface area (Å²) in [6.07, 6.45) is 1.89. The van der Waals surface area contributed by atoms with Crippen molar-refractivity contribution in [1.29, 1.82) is 0 Å². The van der Waals surface area contributed by atoms with Gasteiger partial charge in [-0.15, -0.1) is 0 Å². The van der Waals surface area contributed by atoms with E-state index in [1.54, 1.807) is 0 Å². The normalized spacial score (nSPS) is 20.7. The fourth-order valence-corrected chi connectivity index (χ4v) is 3.49. The Morgan fingerprint density at radius 2 is 1.85 bits per heavy atom. The molecule has 0 aromatic heterocycles. The number of carbonyl (C=O) groups is 1. The molecule has 0 unspecified atom stereocenters. The number of benzene rings is 2. The monoisotopic (exact) mass is 356 g/mol. The number of nitrogens with one attached hydrogen (secondary N) is 1. The number of nitrogens with zero attached hydrogens (tertiary/aromatic N) is 1. The highest BCUT2D eigenvalue weighted by Crippen LogP contribution is 2.23. The van der Waals surface area contributed by atoms with Gasteiger partial charge in [-0.25, -0.2) is 4.39 Å². The number of hydrogen-bond acceptors (Lipinski definition) is 3. The van der Waals surface area contributed by atoms with E-state index in [9.17, 15) is 14.3 Å². The van der Waals surface area contributed by atoms with Gasteiger partial charge in [-0.05, 0) is 48.6 Å². The molecule has 2 aromatic rings. The third-order valence-corrected chi connectivity index (χ3v) is 5.01. The van der Waals surface area contributed by atoms with Gasteiger partial charge >= 0.3 is 0 Å². The van der Waals surface area contributed by atoms with Crippen molar-refractivity contribution in [2.45, 2.75) is 25.4 Å². The van der Waals surface area contributed by atoms with Gasteiger partial charge in [0.05, 0.1) is 0 Å². The predicted molar refractivity (Wildman–Crippen MR) is 99.2 cm³/mol. The van der Waals surface area contributed by atoms with Gasteiger partial charge in [0.2, 0.25) is 0 Å². The Kier molecular flexibility index (Phi) is 6.36. The van der Waals surface area contributed by atoms with E-state index < -0.39 is 0 Å². The lowest BCUT2D eigenvalue weighted by Gasteiger charge is -2.39. The van der Waals surface area contributed by atoms with Gasteiger partial charge in [0.1, 0.15) is 5.82 Å². The Labute approximate surface area is 153 Å². The lowest BCUT2D eigenvalue weighted by atomic mass is 9.92. The van der Waals surface area contributed by atoms with Crippen LogP contribution in [0.4, 0.5) is 4.39 Å². The SMILES string of the molecule is O=C(NC[C@H]1CC[C@@H](CO)CN1Cc1ccccc1)c1ccc(F)cc1. The molecule has 2 N–H and O–H groups in total. The van der Waals surface area contributed by atoms with Crippen LogP contribution in [0, 0.1) is 11.7 Å². The topological polar surface area (TPSA) is 52.6 Å². The maximum atomic E-state index is 13.0. The molecule has 1 fully saturated rings. The zero-order chi connectivity index (χ0) is 18.4. The molecule has 5 heteroatoms. The van der Waals surface area contributed by atoms with Crippen LogP contribution in [0.5, 0.6) is 0 Å². The molecular formula is C21H25FN2O2. The molecule has 26 heavy (non-hydrogen) atoms. The molecular weight excluding hydrogens is 331 g/mol. The van der Waals surface area contributed by atoms with Crippen LogP contribution in [0.25, 0.3) is 0 Å². The van der Waals surface area contributed by atoms with Crippen molar-refractivity contribution >= 4 is 5.91 Å². The quantitative estimate of drug-likeness (QED) is 0.837. The highest BCUT2D eigenvalue weighted by atomic mass is 19.1. The van der Waals surface area contributed by atoms with Crippen LogP contribution in [0.15, 0.2) is 54.6 Å². The number of likely N-dealkylation sites (tertiary alicyclic amines) is 1. The highest BCUT2D eigenvalue weighted by Gasteiger charge is 2.28. The molecule has 0 radical (unpaired) electrons. The summed E-state index contributed by atoms with van der Waals surface area (Å²) in [5.41, 5.74) is 1.69. The third kappa shape index (κ3) is 4.90. The summed E-state index contributed by atoms with van der Waals surface area (Å²) in [6, 6.07) is 16.0. The Balaban J connectivity index is 1.62. The summed E-state index contributed by atoms with van der Waals surface area (Å²) in [5, 5.41) is 12.5. The molecule has 1 saturated heterocycles. The van der Waals surface area contributed by atoms with Gasteiger partial charge in [0.25, 0.3) is 5.91 Å². The van der Waals surface area contributed by atoms with Crippen molar-refractivity contribution in [3.8, 4) is 0 Å². The number of carbonyl (C=O) groups excluding carboxylic acids is 1. The minimum absolute atomic E-state index is 0.186. The van der Waals surface area contributed by atoms with Crippen LogP contribution in [0.1, 0.15) is 28.8 Å². The second-order valence-corrected chi connectivity index (χ2v) is 6.91. The molecule has 138 valence electrons. The summed E-state index contributed by atoms with van der Waals surface area (Å²) in [5.74, 6) is -0.255. The molecule has 3 rings (SSSR count). The number of rotatable bonds is 6. The lowest BCUT2D eigenvalue weighted by molar-refractivity contribution is 0.0655.